The smallest absolute Gasteiger partial charge is 0.223 e. The van der Waals surface area contributed by atoms with Crippen LogP contribution >= 0.6 is 11.6 Å². The van der Waals surface area contributed by atoms with Gasteiger partial charge in [-0.1, -0.05) is 47.5 Å². The predicted octanol–water partition coefficient (Wildman–Crippen LogP) is 4.99. The number of nitrogens with one attached hydrogen (secondary N) is 1. The number of halogens is 1. The third kappa shape index (κ3) is 7.09. The molecule has 6 nitrogen and oxygen atoms in total. The number of piperazine rings is 1. The molecule has 2 amide bonds. The summed E-state index contributed by atoms with van der Waals surface area (Å²) in [7, 11) is 4.35. The maximum atomic E-state index is 12.8. The lowest BCUT2D eigenvalue weighted by Gasteiger charge is -2.45. The number of anilines is 1. The Bertz CT molecular complexity index is 1120. The lowest BCUT2D eigenvalue weighted by Crippen LogP contribution is -2.52. The molecule has 1 N–H and O–H groups in total. The minimum Gasteiger partial charge on any atom is -0.368 e. The molecule has 1 saturated heterocycles. The van der Waals surface area contributed by atoms with Crippen molar-refractivity contribution in [3.63, 3.8) is 0 Å². The Kier molecular flexibility index (Phi) is 9.37. The maximum Gasteiger partial charge on any atom is 0.223 e. The quantitative estimate of drug-likeness (QED) is 0.514. The zero-order chi connectivity index (χ0) is 27.3. The molecule has 1 aliphatic heterocycles. The van der Waals surface area contributed by atoms with E-state index in [1.54, 1.807) is 0 Å². The summed E-state index contributed by atoms with van der Waals surface area (Å²) in [6, 6.07) is 14.9. The van der Waals surface area contributed by atoms with E-state index in [2.05, 4.69) is 67.3 Å². The third-order valence-corrected chi connectivity index (χ3v) is 8.79. The number of likely N-dealkylation sites (N-methyl/N-ethyl adjacent to an activating group) is 1. The van der Waals surface area contributed by atoms with Gasteiger partial charge in [-0.2, -0.15) is 0 Å². The number of benzene rings is 2. The van der Waals surface area contributed by atoms with Crippen molar-refractivity contribution >= 4 is 29.1 Å². The van der Waals surface area contributed by atoms with Crippen LogP contribution in [-0.4, -0.2) is 73.5 Å². The minimum atomic E-state index is -0.00687. The van der Waals surface area contributed by atoms with E-state index in [4.69, 9.17) is 11.6 Å². The van der Waals surface area contributed by atoms with Gasteiger partial charge in [0.1, 0.15) is 0 Å². The van der Waals surface area contributed by atoms with Crippen LogP contribution in [0.1, 0.15) is 55.2 Å². The second-order valence-corrected chi connectivity index (χ2v) is 11.9. The van der Waals surface area contributed by atoms with Crippen molar-refractivity contribution in [1.82, 2.24) is 15.1 Å². The Morgan fingerprint density at radius 3 is 2.37 bits per heavy atom. The first-order chi connectivity index (χ1) is 18.1. The second-order valence-electron chi connectivity index (χ2n) is 11.4. The normalized spacial score (nSPS) is 22.0. The average Bonchev–Trinajstić information content (AvgIpc) is 2.90. The molecule has 38 heavy (non-hydrogen) atoms. The number of nitrogens with zero attached hydrogens (tertiary/aromatic N) is 3. The van der Waals surface area contributed by atoms with Crippen molar-refractivity contribution in [2.45, 2.75) is 70.4 Å². The summed E-state index contributed by atoms with van der Waals surface area (Å²) in [5.74, 6) is 0.0589. The molecule has 4 rings (SSSR count). The van der Waals surface area contributed by atoms with Crippen LogP contribution in [0.2, 0.25) is 5.02 Å². The Morgan fingerprint density at radius 2 is 1.71 bits per heavy atom. The maximum absolute atomic E-state index is 12.8. The van der Waals surface area contributed by atoms with E-state index >= 15 is 0 Å². The summed E-state index contributed by atoms with van der Waals surface area (Å²) in [5, 5.41) is 3.95. The Hall–Kier alpha value is -2.57. The zero-order valence-electron chi connectivity index (χ0n) is 23.4. The molecule has 0 aromatic heterocycles. The zero-order valence-corrected chi connectivity index (χ0v) is 24.2. The van der Waals surface area contributed by atoms with E-state index in [-0.39, 0.29) is 36.2 Å². The van der Waals surface area contributed by atoms with Crippen LogP contribution in [0, 0.1) is 13.8 Å². The predicted molar refractivity (Wildman–Crippen MR) is 156 cm³/mol. The van der Waals surface area contributed by atoms with Gasteiger partial charge in [-0.15, -0.1) is 0 Å². The van der Waals surface area contributed by atoms with Gasteiger partial charge in [0.25, 0.3) is 0 Å². The van der Waals surface area contributed by atoms with Gasteiger partial charge in [0, 0.05) is 61.3 Å². The SMILES string of the molecule is Cc1cccc(CC2(N(C)C)CCC(NC(=O)CCC(=O)N3CCN(c4cc(Cl)ccc4C)CC3)CC2)c1. The standard InChI is InChI=1S/C31H43ClN4O2/c1-23-6-5-7-25(20-23)22-31(34(3)4)14-12-27(13-15-31)33-29(37)10-11-30(38)36-18-16-35(17-19-36)28-21-26(32)9-8-24(28)2/h5-9,20-21,27H,10-19,22H2,1-4H3,(H,33,37). The molecule has 1 saturated carbocycles. The third-order valence-electron chi connectivity index (χ3n) is 8.56. The highest BCUT2D eigenvalue weighted by molar-refractivity contribution is 6.30. The summed E-state index contributed by atoms with van der Waals surface area (Å²) >= 11 is 6.19. The molecule has 2 fully saturated rings. The molecule has 206 valence electrons. The molecular formula is C31H43ClN4O2. The molecule has 0 spiro atoms. The molecule has 0 radical (unpaired) electrons. The highest BCUT2D eigenvalue weighted by Gasteiger charge is 2.37. The molecule has 2 aromatic carbocycles. The van der Waals surface area contributed by atoms with Crippen LogP contribution < -0.4 is 10.2 Å². The van der Waals surface area contributed by atoms with E-state index in [9.17, 15) is 9.59 Å². The van der Waals surface area contributed by atoms with Crippen LogP contribution in [0.15, 0.2) is 42.5 Å². The first-order valence-electron chi connectivity index (χ1n) is 14.0. The number of carbonyl (C=O) groups excluding carboxylic acids is 2. The molecule has 2 aromatic rings. The fourth-order valence-electron chi connectivity index (χ4n) is 6.08. The number of amides is 2. The largest absolute Gasteiger partial charge is 0.368 e. The number of hydrogen-bond acceptors (Lipinski definition) is 4. The molecule has 0 atom stereocenters. The lowest BCUT2D eigenvalue weighted by molar-refractivity contribution is -0.134. The van der Waals surface area contributed by atoms with Gasteiger partial charge in [-0.05, 0) is 83.3 Å². The van der Waals surface area contributed by atoms with E-state index < -0.39 is 0 Å². The van der Waals surface area contributed by atoms with E-state index in [1.165, 1.54) is 16.7 Å². The fourth-order valence-corrected chi connectivity index (χ4v) is 6.25. The highest BCUT2D eigenvalue weighted by Crippen LogP contribution is 2.35. The second kappa shape index (κ2) is 12.5. The topological polar surface area (TPSA) is 55.9 Å². The molecule has 7 heteroatoms. The van der Waals surface area contributed by atoms with Crippen molar-refractivity contribution in [2.75, 3.05) is 45.2 Å². The summed E-state index contributed by atoms with van der Waals surface area (Å²) in [6.07, 6.45) is 5.58. The van der Waals surface area contributed by atoms with E-state index in [1.807, 2.05) is 23.1 Å². The Labute approximate surface area is 233 Å². The van der Waals surface area contributed by atoms with Crippen molar-refractivity contribution in [2.24, 2.45) is 0 Å². The molecule has 0 unspecified atom stereocenters. The first kappa shape index (κ1) is 28.4. The highest BCUT2D eigenvalue weighted by atomic mass is 35.5. The van der Waals surface area contributed by atoms with Crippen molar-refractivity contribution in [1.29, 1.82) is 0 Å². The summed E-state index contributed by atoms with van der Waals surface area (Å²) in [5.41, 5.74) is 5.12. The average molecular weight is 539 g/mol. The van der Waals surface area contributed by atoms with Crippen LogP contribution in [-0.2, 0) is 16.0 Å². The number of rotatable bonds is 8. The van der Waals surface area contributed by atoms with Gasteiger partial charge in [0.05, 0.1) is 0 Å². The number of aryl methyl sites for hydroxylation is 2. The lowest BCUT2D eigenvalue weighted by atomic mass is 9.74. The van der Waals surface area contributed by atoms with Crippen LogP contribution in [0.25, 0.3) is 0 Å². The van der Waals surface area contributed by atoms with Gasteiger partial charge < -0.3 is 20.0 Å². The molecule has 1 heterocycles. The summed E-state index contributed by atoms with van der Waals surface area (Å²) in [4.78, 5) is 32.1. The van der Waals surface area contributed by atoms with Gasteiger partial charge >= 0.3 is 0 Å². The van der Waals surface area contributed by atoms with Crippen molar-refractivity contribution in [3.8, 4) is 0 Å². The molecule has 1 aliphatic carbocycles. The van der Waals surface area contributed by atoms with E-state index in [0.29, 0.717) is 13.1 Å². The van der Waals surface area contributed by atoms with Crippen LogP contribution in [0.5, 0.6) is 0 Å². The van der Waals surface area contributed by atoms with Crippen LogP contribution in [0.4, 0.5) is 5.69 Å². The molecule has 0 bridgehead atoms. The molecular weight excluding hydrogens is 496 g/mol. The van der Waals surface area contributed by atoms with Gasteiger partial charge in [-0.3, -0.25) is 9.59 Å². The van der Waals surface area contributed by atoms with Crippen molar-refractivity contribution < 1.29 is 9.59 Å². The Morgan fingerprint density at radius 1 is 1.00 bits per heavy atom. The monoisotopic (exact) mass is 538 g/mol. The Balaban J connectivity index is 1.20. The van der Waals surface area contributed by atoms with Gasteiger partial charge in [0.2, 0.25) is 11.8 Å². The minimum absolute atomic E-state index is 0.00687. The van der Waals surface area contributed by atoms with Crippen LogP contribution in [0.3, 0.4) is 0 Å². The molecule has 2 aliphatic rings. The van der Waals surface area contributed by atoms with Gasteiger partial charge in [-0.25, -0.2) is 0 Å². The van der Waals surface area contributed by atoms with Gasteiger partial charge in [0.15, 0.2) is 0 Å². The summed E-state index contributed by atoms with van der Waals surface area (Å²) < 4.78 is 0. The van der Waals surface area contributed by atoms with E-state index in [0.717, 1.165) is 55.9 Å². The fraction of sp³-hybridized carbons (Fsp3) is 0.548. The summed E-state index contributed by atoms with van der Waals surface area (Å²) in [6.45, 7) is 7.11. The van der Waals surface area contributed by atoms with Crippen molar-refractivity contribution in [3.05, 3.63) is 64.2 Å². The number of carbonyl (C=O) groups is 2. The first-order valence-corrected chi connectivity index (χ1v) is 14.3. The number of hydrogen-bond donors (Lipinski definition) is 1.